The summed E-state index contributed by atoms with van der Waals surface area (Å²) in [6.07, 6.45) is 0. The van der Waals surface area contributed by atoms with Crippen LogP contribution in [0.15, 0.2) is 33.9 Å². The van der Waals surface area contributed by atoms with Crippen molar-refractivity contribution in [2.24, 2.45) is 5.92 Å². The topological polar surface area (TPSA) is 152 Å². The van der Waals surface area contributed by atoms with Gasteiger partial charge in [-0.15, -0.1) is 0 Å². The molecule has 0 spiro atoms. The molecule has 0 unspecified atom stereocenters. The van der Waals surface area contributed by atoms with E-state index in [4.69, 9.17) is 10.5 Å². The van der Waals surface area contributed by atoms with Gasteiger partial charge in [0.05, 0.1) is 18.7 Å². The van der Waals surface area contributed by atoms with E-state index in [0.717, 1.165) is 0 Å². The summed E-state index contributed by atoms with van der Waals surface area (Å²) >= 11 is 0. The Labute approximate surface area is 204 Å². The van der Waals surface area contributed by atoms with Gasteiger partial charge in [-0.25, -0.2) is 4.79 Å². The first-order valence-corrected chi connectivity index (χ1v) is 11.4. The maximum absolute atomic E-state index is 13.3. The van der Waals surface area contributed by atoms with Gasteiger partial charge in [0.2, 0.25) is 5.91 Å². The summed E-state index contributed by atoms with van der Waals surface area (Å²) in [5.74, 6) is -0.790. The van der Waals surface area contributed by atoms with Gasteiger partial charge in [-0.05, 0) is 38.8 Å². The van der Waals surface area contributed by atoms with Gasteiger partial charge in [0.25, 0.3) is 11.5 Å². The first-order chi connectivity index (χ1) is 16.4. The van der Waals surface area contributed by atoms with E-state index in [1.54, 1.807) is 24.3 Å². The number of carbonyl (C=O) groups is 2. The van der Waals surface area contributed by atoms with Gasteiger partial charge in [-0.2, -0.15) is 0 Å². The Morgan fingerprint density at radius 3 is 2.46 bits per heavy atom. The van der Waals surface area contributed by atoms with E-state index in [-0.39, 0.29) is 49.6 Å². The monoisotopic (exact) mass is 488 g/mol. The zero-order valence-corrected chi connectivity index (χ0v) is 21.2. The summed E-state index contributed by atoms with van der Waals surface area (Å²) < 4.78 is 6.36. The SMILES string of the molecule is COCCN(C(=O)CNc1ccccc1C(=O)NC(C)(C)C)c1c(N)n(CC(C)C)c(=O)[nH]c1=O. The molecule has 0 aliphatic heterocycles. The third kappa shape index (κ3) is 7.44. The predicted molar refractivity (Wildman–Crippen MR) is 137 cm³/mol. The highest BCUT2D eigenvalue weighted by Gasteiger charge is 2.25. The number of nitrogen functional groups attached to an aromatic ring is 1. The molecule has 0 fully saturated rings. The molecule has 0 aliphatic carbocycles. The van der Waals surface area contributed by atoms with Crippen molar-refractivity contribution in [1.29, 1.82) is 0 Å². The first-order valence-electron chi connectivity index (χ1n) is 11.4. The minimum atomic E-state index is -0.762. The number of rotatable bonds is 10. The van der Waals surface area contributed by atoms with Crippen molar-refractivity contribution >= 4 is 29.0 Å². The molecule has 1 heterocycles. The Bertz CT molecular complexity index is 1160. The summed E-state index contributed by atoms with van der Waals surface area (Å²) in [5, 5.41) is 5.89. The van der Waals surface area contributed by atoms with Gasteiger partial charge in [0, 0.05) is 31.4 Å². The largest absolute Gasteiger partial charge is 0.383 e. The molecule has 0 aliphatic rings. The van der Waals surface area contributed by atoms with Crippen LogP contribution in [0.4, 0.5) is 17.2 Å². The molecule has 192 valence electrons. The number of nitrogens with two attached hydrogens (primary N) is 1. The van der Waals surface area contributed by atoms with Crippen LogP contribution < -0.4 is 32.5 Å². The Hall–Kier alpha value is -3.60. The number of anilines is 3. The highest BCUT2D eigenvalue weighted by Crippen LogP contribution is 2.19. The van der Waals surface area contributed by atoms with Crippen molar-refractivity contribution in [2.45, 2.75) is 46.7 Å². The van der Waals surface area contributed by atoms with Crippen LogP contribution in [0.5, 0.6) is 0 Å². The highest BCUT2D eigenvalue weighted by molar-refractivity contribution is 6.02. The summed E-state index contributed by atoms with van der Waals surface area (Å²) in [5.41, 5.74) is 5.09. The molecule has 11 nitrogen and oxygen atoms in total. The van der Waals surface area contributed by atoms with Crippen molar-refractivity contribution in [3.8, 4) is 0 Å². The van der Waals surface area contributed by atoms with Crippen molar-refractivity contribution in [1.82, 2.24) is 14.9 Å². The fourth-order valence-electron chi connectivity index (χ4n) is 3.44. The van der Waals surface area contributed by atoms with Crippen LogP contribution >= 0.6 is 0 Å². The molecular formula is C24H36N6O5. The van der Waals surface area contributed by atoms with Crippen LogP contribution in [-0.2, 0) is 16.1 Å². The molecule has 0 bridgehead atoms. The number of nitrogens with one attached hydrogen (secondary N) is 3. The lowest BCUT2D eigenvalue weighted by molar-refractivity contribution is -0.117. The van der Waals surface area contributed by atoms with Crippen molar-refractivity contribution in [3.63, 3.8) is 0 Å². The van der Waals surface area contributed by atoms with Gasteiger partial charge in [-0.3, -0.25) is 23.9 Å². The predicted octanol–water partition coefficient (Wildman–Crippen LogP) is 1.39. The number of H-pyrrole nitrogens is 1. The molecule has 2 aromatic rings. The van der Waals surface area contributed by atoms with Crippen LogP contribution in [0.3, 0.4) is 0 Å². The second-order valence-corrected chi connectivity index (χ2v) is 9.64. The first kappa shape index (κ1) is 27.6. The second-order valence-electron chi connectivity index (χ2n) is 9.64. The van der Waals surface area contributed by atoms with Gasteiger partial charge < -0.3 is 26.0 Å². The fourth-order valence-corrected chi connectivity index (χ4v) is 3.44. The van der Waals surface area contributed by atoms with E-state index in [1.165, 1.54) is 16.6 Å². The van der Waals surface area contributed by atoms with Gasteiger partial charge >= 0.3 is 5.69 Å². The van der Waals surface area contributed by atoms with Crippen LogP contribution in [-0.4, -0.2) is 53.7 Å². The maximum Gasteiger partial charge on any atom is 0.330 e. The Balaban J connectivity index is 2.37. The van der Waals surface area contributed by atoms with Crippen molar-refractivity contribution in [2.75, 3.05) is 42.8 Å². The number of hydrogen-bond acceptors (Lipinski definition) is 7. The molecule has 2 amide bonds. The van der Waals surface area contributed by atoms with Crippen LogP contribution in [0.25, 0.3) is 0 Å². The van der Waals surface area contributed by atoms with E-state index in [0.29, 0.717) is 11.3 Å². The van der Waals surface area contributed by atoms with E-state index >= 15 is 0 Å². The number of ether oxygens (including phenoxy) is 1. The molecule has 0 saturated carbocycles. The van der Waals surface area contributed by atoms with Crippen LogP contribution in [0, 0.1) is 5.92 Å². The second kappa shape index (κ2) is 11.7. The molecular weight excluding hydrogens is 452 g/mol. The molecule has 0 radical (unpaired) electrons. The third-order valence-corrected chi connectivity index (χ3v) is 4.94. The summed E-state index contributed by atoms with van der Waals surface area (Å²) in [4.78, 5) is 54.4. The number of aromatic amines is 1. The molecule has 1 aromatic carbocycles. The quantitative estimate of drug-likeness (QED) is 0.394. The van der Waals surface area contributed by atoms with E-state index < -0.39 is 22.7 Å². The average Bonchev–Trinajstić information content (AvgIpc) is 2.76. The van der Waals surface area contributed by atoms with Crippen LogP contribution in [0.1, 0.15) is 45.0 Å². The van der Waals surface area contributed by atoms with Crippen LogP contribution in [0.2, 0.25) is 0 Å². The number of benzene rings is 1. The minimum Gasteiger partial charge on any atom is -0.383 e. The molecule has 35 heavy (non-hydrogen) atoms. The number of methoxy groups -OCH3 is 1. The molecule has 0 atom stereocenters. The summed E-state index contributed by atoms with van der Waals surface area (Å²) in [6, 6.07) is 6.82. The Morgan fingerprint density at radius 1 is 1.20 bits per heavy atom. The zero-order chi connectivity index (χ0) is 26.3. The smallest absolute Gasteiger partial charge is 0.330 e. The number of para-hydroxylation sites is 1. The standard InChI is InChI=1S/C24H36N6O5/c1-15(2)14-30-20(25)19(22(33)27-23(30)34)29(11-12-35-6)18(31)13-26-17-10-8-7-9-16(17)21(32)28-24(3,4)5/h7-10,15,26H,11-14,25H2,1-6H3,(H,28,32)(H,27,33,34). The summed E-state index contributed by atoms with van der Waals surface area (Å²) in [6.45, 7) is 9.65. The van der Waals surface area contributed by atoms with E-state index in [2.05, 4.69) is 15.6 Å². The summed E-state index contributed by atoms with van der Waals surface area (Å²) in [7, 11) is 1.47. The zero-order valence-electron chi connectivity index (χ0n) is 21.2. The van der Waals surface area contributed by atoms with Crippen molar-refractivity contribution < 1.29 is 14.3 Å². The number of carbonyl (C=O) groups excluding carboxylic acids is 2. The maximum atomic E-state index is 13.3. The van der Waals surface area contributed by atoms with Gasteiger partial charge in [-0.1, -0.05) is 26.0 Å². The van der Waals surface area contributed by atoms with Crippen molar-refractivity contribution in [3.05, 3.63) is 50.7 Å². The number of amides is 2. The third-order valence-electron chi connectivity index (χ3n) is 4.94. The highest BCUT2D eigenvalue weighted by atomic mass is 16.5. The lowest BCUT2D eigenvalue weighted by atomic mass is 10.1. The normalized spacial score (nSPS) is 11.4. The lowest BCUT2D eigenvalue weighted by Gasteiger charge is -2.25. The number of aromatic nitrogens is 2. The number of hydrogen-bond donors (Lipinski definition) is 4. The molecule has 0 saturated heterocycles. The Kier molecular flexibility index (Phi) is 9.24. The van der Waals surface area contributed by atoms with Gasteiger partial charge in [0.15, 0.2) is 5.69 Å². The molecule has 11 heteroatoms. The lowest BCUT2D eigenvalue weighted by Crippen LogP contribution is -2.45. The fraction of sp³-hybridized carbons (Fsp3) is 0.500. The molecule has 1 aromatic heterocycles. The Morgan fingerprint density at radius 2 is 1.86 bits per heavy atom. The number of nitrogens with zero attached hydrogens (tertiary/aromatic N) is 2. The van der Waals surface area contributed by atoms with E-state index in [9.17, 15) is 19.2 Å². The average molecular weight is 489 g/mol. The molecule has 2 rings (SSSR count). The van der Waals surface area contributed by atoms with Gasteiger partial charge in [0.1, 0.15) is 5.82 Å². The minimum absolute atomic E-state index is 0.0380. The molecule has 5 N–H and O–H groups in total. The van der Waals surface area contributed by atoms with E-state index in [1.807, 2.05) is 34.6 Å².